The van der Waals surface area contributed by atoms with Crippen LogP contribution >= 0.6 is 0 Å². The molecule has 3 heteroatoms. The van der Waals surface area contributed by atoms with Crippen molar-refractivity contribution < 1.29 is 14.2 Å². The summed E-state index contributed by atoms with van der Waals surface area (Å²) in [5.41, 5.74) is 1.20. The fourth-order valence-electron chi connectivity index (χ4n) is 2.90. The van der Waals surface area contributed by atoms with Gasteiger partial charge in [-0.3, -0.25) is 0 Å². The van der Waals surface area contributed by atoms with Crippen molar-refractivity contribution in [3.63, 3.8) is 0 Å². The highest BCUT2D eigenvalue weighted by Crippen LogP contribution is 2.29. The van der Waals surface area contributed by atoms with E-state index in [1.165, 1.54) is 5.56 Å². The lowest BCUT2D eigenvalue weighted by Gasteiger charge is -2.39. The molecule has 128 valence electrons. The maximum Gasteiger partial charge on any atom is 0.161 e. The lowest BCUT2D eigenvalue weighted by Crippen LogP contribution is -2.45. The van der Waals surface area contributed by atoms with E-state index in [4.69, 9.17) is 14.2 Å². The maximum atomic E-state index is 6.08. The second-order valence-electron chi connectivity index (χ2n) is 6.57. The zero-order valence-electron chi connectivity index (χ0n) is 14.6. The number of hydrogen-bond donors (Lipinski definition) is 0. The van der Waals surface area contributed by atoms with Crippen molar-refractivity contribution in [2.75, 3.05) is 0 Å². The van der Waals surface area contributed by atoms with Gasteiger partial charge in [0, 0.05) is 5.92 Å². The van der Waals surface area contributed by atoms with Gasteiger partial charge in [-0.05, 0) is 38.7 Å². The molecule has 0 saturated carbocycles. The summed E-state index contributed by atoms with van der Waals surface area (Å²) in [6.07, 6.45) is 5.07. The number of allylic oxidation sites excluding steroid dienone is 1. The van der Waals surface area contributed by atoms with Crippen molar-refractivity contribution >= 4 is 0 Å². The van der Waals surface area contributed by atoms with E-state index < -0.39 is 0 Å². The zero-order valence-corrected chi connectivity index (χ0v) is 14.6. The van der Waals surface area contributed by atoms with Gasteiger partial charge < -0.3 is 14.2 Å². The van der Waals surface area contributed by atoms with Gasteiger partial charge in [-0.1, -0.05) is 43.3 Å². The van der Waals surface area contributed by atoms with Gasteiger partial charge in [0.2, 0.25) is 0 Å². The first-order chi connectivity index (χ1) is 11.1. The molecule has 1 aromatic carbocycles. The third-order valence-corrected chi connectivity index (χ3v) is 4.39. The van der Waals surface area contributed by atoms with Crippen LogP contribution < -0.4 is 0 Å². The number of rotatable bonds is 8. The molecule has 5 atom stereocenters. The molecule has 0 radical (unpaired) electrons. The normalized spacial score (nSPS) is 29.2. The van der Waals surface area contributed by atoms with Crippen LogP contribution in [0.15, 0.2) is 43.0 Å². The summed E-state index contributed by atoms with van der Waals surface area (Å²) in [6.45, 7) is 10.7. The fourth-order valence-corrected chi connectivity index (χ4v) is 2.90. The van der Waals surface area contributed by atoms with Crippen molar-refractivity contribution in [1.29, 1.82) is 0 Å². The Labute approximate surface area is 140 Å². The Kier molecular flexibility index (Phi) is 7.28. The van der Waals surface area contributed by atoms with E-state index >= 15 is 0 Å². The summed E-state index contributed by atoms with van der Waals surface area (Å²) in [5.74, 6) is 0.332. The molecular formula is C20H30O3. The van der Waals surface area contributed by atoms with Gasteiger partial charge in [0.25, 0.3) is 0 Å². The number of benzene rings is 1. The predicted molar refractivity (Wildman–Crippen MR) is 93.1 cm³/mol. The molecule has 23 heavy (non-hydrogen) atoms. The molecule has 1 fully saturated rings. The van der Waals surface area contributed by atoms with E-state index in [2.05, 4.69) is 39.5 Å². The minimum Gasteiger partial charge on any atom is -0.371 e. The molecule has 0 N–H and O–H groups in total. The van der Waals surface area contributed by atoms with E-state index in [0.29, 0.717) is 12.5 Å². The highest BCUT2D eigenvalue weighted by Gasteiger charge is 2.35. The molecule has 2 unspecified atom stereocenters. The summed E-state index contributed by atoms with van der Waals surface area (Å²) >= 11 is 0. The Morgan fingerprint density at radius 2 is 2.04 bits per heavy atom. The van der Waals surface area contributed by atoms with Crippen LogP contribution in [0, 0.1) is 5.92 Å². The second kappa shape index (κ2) is 9.21. The van der Waals surface area contributed by atoms with Crippen molar-refractivity contribution in [3.05, 3.63) is 48.6 Å². The average molecular weight is 318 g/mol. The van der Waals surface area contributed by atoms with Crippen LogP contribution in [0.25, 0.3) is 0 Å². The van der Waals surface area contributed by atoms with Crippen LogP contribution in [0.5, 0.6) is 0 Å². The Bertz CT molecular complexity index is 459. The fraction of sp³-hybridized carbons (Fsp3) is 0.600. The molecule has 1 saturated heterocycles. The van der Waals surface area contributed by atoms with Crippen LogP contribution in [0.4, 0.5) is 0 Å². The van der Waals surface area contributed by atoms with Crippen molar-refractivity contribution in [1.82, 2.24) is 0 Å². The van der Waals surface area contributed by atoms with Crippen molar-refractivity contribution in [2.24, 2.45) is 5.92 Å². The quantitative estimate of drug-likeness (QED) is 0.649. The highest BCUT2D eigenvalue weighted by atomic mass is 16.7. The maximum absolute atomic E-state index is 6.08. The Morgan fingerprint density at radius 3 is 2.74 bits per heavy atom. The first-order valence-electron chi connectivity index (χ1n) is 8.67. The highest BCUT2D eigenvalue weighted by molar-refractivity contribution is 5.13. The third kappa shape index (κ3) is 5.76. The van der Waals surface area contributed by atoms with Gasteiger partial charge in [0.1, 0.15) is 0 Å². The molecule has 1 heterocycles. The number of ether oxygens (including phenoxy) is 3. The lowest BCUT2D eigenvalue weighted by atomic mass is 9.96. The smallest absolute Gasteiger partial charge is 0.161 e. The van der Waals surface area contributed by atoms with Gasteiger partial charge in [-0.25, -0.2) is 0 Å². The lowest BCUT2D eigenvalue weighted by molar-refractivity contribution is -0.262. The molecule has 0 aliphatic carbocycles. The van der Waals surface area contributed by atoms with E-state index in [1.54, 1.807) is 0 Å². The molecule has 1 aliphatic rings. The summed E-state index contributed by atoms with van der Waals surface area (Å²) in [5, 5.41) is 0. The van der Waals surface area contributed by atoms with Gasteiger partial charge >= 0.3 is 0 Å². The van der Waals surface area contributed by atoms with E-state index in [1.807, 2.05) is 24.3 Å². The molecule has 2 rings (SSSR count). The zero-order chi connectivity index (χ0) is 16.7. The molecule has 0 bridgehead atoms. The molecule has 1 aromatic rings. The second-order valence-corrected chi connectivity index (χ2v) is 6.57. The molecule has 0 spiro atoms. The molecule has 3 nitrogen and oxygen atoms in total. The van der Waals surface area contributed by atoms with Crippen LogP contribution in [0.2, 0.25) is 0 Å². The third-order valence-electron chi connectivity index (χ3n) is 4.39. The monoisotopic (exact) mass is 318 g/mol. The van der Waals surface area contributed by atoms with E-state index in [9.17, 15) is 0 Å². The minimum absolute atomic E-state index is 0.0477. The average Bonchev–Trinajstić information content (AvgIpc) is 2.55. The first kappa shape index (κ1) is 18.2. The molecule has 1 aliphatic heterocycles. The summed E-state index contributed by atoms with van der Waals surface area (Å²) in [4.78, 5) is 0. The SMILES string of the molecule is C=CCC[C@@H](C)OC1OC(C)[C@@H](OCc2ccccc2)C[C@H]1C. The summed E-state index contributed by atoms with van der Waals surface area (Å²) in [6, 6.07) is 10.3. The topological polar surface area (TPSA) is 27.7 Å². The van der Waals surface area contributed by atoms with Gasteiger partial charge in [0.15, 0.2) is 6.29 Å². The van der Waals surface area contributed by atoms with Gasteiger partial charge in [-0.15, -0.1) is 6.58 Å². The van der Waals surface area contributed by atoms with E-state index in [-0.39, 0.29) is 24.6 Å². The summed E-state index contributed by atoms with van der Waals surface area (Å²) in [7, 11) is 0. The van der Waals surface area contributed by atoms with Crippen molar-refractivity contribution in [2.45, 2.75) is 71.2 Å². The van der Waals surface area contributed by atoms with Crippen molar-refractivity contribution in [3.8, 4) is 0 Å². The predicted octanol–water partition coefficient (Wildman–Crippen LogP) is 4.71. The minimum atomic E-state index is -0.138. The molecular weight excluding hydrogens is 288 g/mol. The van der Waals surface area contributed by atoms with Crippen LogP contribution in [0.1, 0.15) is 45.6 Å². The van der Waals surface area contributed by atoms with Gasteiger partial charge in [-0.2, -0.15) is 0 Å². The van der Waals surface area contributed by atoms with Crippen LogP contribution in [-0.4, -0.2) is 24.6 Å². The van der Waals surface area contributed by atoms with Crippen LogP contribution in [-0.2, 0) is 20.8 Å². The Hall–Kier alpha value is -1.16. The number of hydrogen-bond acceptors (Lipinski definition) is 3. The standard InChI is InChI=1S/C20H30O3/c1-5-6-10-16(3)22-20-15(2)13-19(17(4)23-20)21-14-18-11-8-7-9-12-18/h5,7-9,11-12,15-17,19-20H,1,6,10,13-14H2,2-4H3/t15-,16-,17?,19+,20?/m1/s1. The Morgan fingerprint density at radius 1 is 1.30 bits per heavy atom. The Balaban J connectivity index is 1.80. The molecule has 0 aromatic heterocycles. The first-order valence-corrected chi connectivity index (χ1v) is 8.67. The largest absolute Gasteiger partial charge is 0.371 e. The summed E-state index contributed by atoms with van der Waals surface area (Å²) < 4.78 is 18.2. The van der Waals surface area contributed by atoms with Crippen LogP contribution in [0.3, 0.4) is 0 Å². The van der Waals surface area contributed by atoms with Gasteiger partial charge in [0.05, 0.1) is 24.9 Å². The van der Waals surface area contributed by atoms with E-state index in [0.717, 1.165) is 19.3 Å². The molecule has 0 amide bonds.